The molecule has 4 aromatic heterocycles. The van der Waals surface area contributed by atoms with E-state index < -0.39 is 0 Å². The van der Waals surface area contributed by atoms with Crippen LogP contribution in [0.3, 0.4) is 0 Å². The van der Waals surface area contributed by atoms with Gasteiger partial charge in [0.2, 0.25) is 5.78 Å². The zero-order valence-electron chi connectivity index (χ0n) is 35.6. The Balaban J connectivity index is 0.980. The molecular weight excluding hydrogens is 803 g/mol. The van der Waals surface area contributed by atoms with Crippen molar-refractivity contribution in [1.82, 2.24) is 23.1 Å². The maximum atomic E-state index is 5.59. The van der Waals surface area contributed by atoms with Crippen molar-refractivity contribution >= 4 is 71.5 Å². The summed E-state index contributed by atoms with van der Waals surface area (Å²) in [6, 6.07) is 82.1. The zero-order chi connectivity index (χ0) is 43.0. The van der Waals surface area contributed by atoms with Crippen molar-refractivity contribution in [2.24, 2.45) is 0 Å². The van der Waals surface area contributed by atoms with E-state index in [0.717, 1.165) is 61.5 Å². The van der Waals surface area contributed by atoms with Gasteiger partial charge in [-0.05, 0) is 123 Å². The highest BCUT2D eigenvalue weighted by molar-refractivity contribution is 6.19. The van der Waals surface area contributed by atoms with Gasteiger partial charge in [0.05, 0.1) is 38.6 Å². The number of rotatable bonds is 3. The second-order valence-electron chi connectivity index (χ2n) is 17.5. The molecule has 66 heavy (non-hydrogen) atoms. The van der Waals surface area contributed by atoms with Crippen LogP contribution >= 0.6 is 0 Å². The van der Waals surface area contributed by atoms with E-state index in [9.17, 15) is 0 Å². The molecule has 5 nitrogen and oxygen atoms in total. The maximum Gasteiger partial charge on any atom is 0.220 e. The summed E-state index contributed by atoms with van der Waals surface area (Å²) in [4.78, 5) is 5.59. The van der Waals surface area contributed by atoms with Crippen LogP contribution in [-0.4, -0.2) is 23.1 Å². The fourth-order valence-electron chi connectivity index (χ4n) is 11.4. The number of benzene rings is 10. The zero-order valence-corrected chi connectivity index (χ0v) is 35.6. The minimum Gasteiger partial charge on any atom is -0.309 e. The highest BCUT2D eigenvalue weighted by atomic mass is 15.2. The van der Waals surface area contributed by atoms with Crippen molar-refractivity contribution in [1.29, 1.82) is 0 Å². The van der Waals surface area contributed by atoms with Crippen LogP contribution in [0.1, 0.15) is 0 Å². The maximum absolute atomic E-state index is 5.59. The van der Waals surface area contributed by atoms with Crippen LogP contribution in [0, 0.1) is 0 Å². The molecule has 0 N–H and O–H groups in total. The molecule has 1 aliphatic carbocycles. The first-order valence-corrected chi connectivity index (χ1v) is 22.6. The Bertz CT molecular complexity index is 4340. The largest absolute Gasteiger partial charge is 0.309 e. The van der Waals surface area contributed by atoms with Crippen molar-refractivity contribution in [2.45, 2.75) is 0 Å². The molecule has 0 unspecified atom stereocenters. The second kappa shape index (κ2) is 13.3. The van der Waals surface area contributed by atoms with E-state index in [1.54, 1.807) is 0 Å². The van der Waals surface area contributed by atoms with Crippen LogP contribution in [0.15, 0.2) is 224 Å². The quantitative estimate of drug-likeness (QED) is 0.174. The number of hydrogen-bond acceptors (Lipinski definition) is 1. The average molecular weight is 840 g/mol. The number of para-hydroxylation sites is 5. The van der Waals surface area contributed by atoms with Crippen LogP contribution in [0.5, 0.6) is 0 Å². The Kier molecular flexibility index (Phi) is 7.16. The number of fused-ring (bicyclic) bond motifs is 20. The Hall–Kier alpha value is -8.93. The van der Waals surface area contributed by atoms with E-state index in [4.69, 9.17) is 4.98 Å². The molecule has 0 saturated carbocycles. The molecule has 0 atom stereocenters. The minimum absolute atomic E-state index is 0.895. The molecule has 0 fully saturated rings. The topological polar surface area (TPSA) is 32.1 Å². The standard InChI is InChI=1S/C61H37N5/c1-2-16-38(17-3-1)65-56-28-14-15-29-57(56)66-58-35-33-50-48-24-10-13-27-54(48)64(60(50)59(58)62-61(65)66)40-31-34-55-52(37-40)49-25-11-12-26-53(49)63(55)39-30-32-47-45-22-7-6-20-43(45)41-18-4-5-19-42(41)44-21-8-9-23-46(44)51(47)36-39/h1-37H. The predicted molar refractivity (Wildman–Crippen MR) is 274 cm³/mol. The van der Waals surface area contributed by atoms with E-state index in [2.05, 4.69) is 243 Å². The summed E-state index contributed by atoms with van der Waals surface area (Å²) in [7, 11) is 0. The molecule has 0 radical (unpaired) electrons. The first-order chi connectivity index (χ1) is 32.8. The van der Waals surface area contributed by atoms with Gasteiger partial charge in [-0.3, -0.25) is 8.97 Å². The van der Waals surface area contributed by atoms with Gasteiger partial charge in [0, 0.05) is 38.6 Å². The van der Waals surface area contributed by atoms with Gasteiger partial charge in [0.1, 0.15) is 5.52 Å². The lowest BCUT2D eigenvalue weighted by Gasteiger charge is -2.24. The van der Waals surface area contributed by atoms with Crippen LogP contribution < -0.4 is 0 Å². The molecule has 1 aliphatic rings. The van der Waals surface area contributed by atoms with Crippen molar-refractivity contribution in [3.63, 3.8) is 0 Å². The number of nitrogens with zero attached hydrogens (tertiary/aromatic N) is 5. The van der Waals surface area contributed by atoms with E-state index in [1.165, 1.54) is 71.6 Å². The molecule has 0 spiro atoms. The first kappa shape index (κ1) is 35.5. The lowest BCUT2D eigenvalue weighted by Crippen LogP contribution is -2.00. The number of imidazole rings is 2. The molecule has 10 aromatic carbocycles. The predicted octanol–water partition coefficient (Wildman–Crippen LogP) is 15.6. The van der Waals surface area contributed by atoms with E-state index in [1.807, 2.05) is 0 Å². The van der Waals surface area contributed by atoms with Gasteiger partial charge in [-0.1, -0.05) is 146 Å². The van der Waals surface area contributed by atoms with Gasteiger partial charge < -0.3 is 9.13 Å². The number of hydrogen-bond donors (Lipinski definition) is 0. The molecule has 0 aliphatic heterocycles. The summed E-state index contributed by atoms with van der Waals surface area (Å²) in [5.41, 5.74) is 22.1. The van der Waals surface area contributed by atoms with E-state index >= 15 is 0 Å². The molecule has 15 rings (SSSR count). The third kappa shape index (κ3) is 4.75. The van der Waals surface area contributed by atoms with E-state index in [0.29, 0.717) is 0 Å². The second-order valence-corrected chi connectivity index (χ2v) is 17.5. The van der Waals surface area contributed by atoms with Gasteiger partial charge in [-0.25, -0.2) is 4.98 Å². The lowest BCUT2D eigenvalue weighted by molar-refractivity contribution is 1.11. The fourth-order valence-corrected chi connectivity index (χ4v) is 11.4. The molecule has 0 amide bonds. The SMILES string of the molecule is c1ccc(-n2c3ccccc3n3c4ccc5c6ccccc6n(-c6ccc7c(c6)c6ccccc6n7-c6ccc7c(c6)-c6ccccc6-c6ccccc6-c6ccccc6-7)c5c4nc23)cc1. The van der Waals surface area contributed by atoms with Crippen molar-refractivity contribution < 1.29 is 0 Å². The van der Waals surface area contributed by atoms with Gasteiger partial charge in [0.15, 0.2) is 0 Å². The van der Waals surface area contributed by atoms with E-state index in [-0.39, 0.29) is 0 Å². The third-order valence-electron chi connectivity index (χ3n) is 14.1. The summed E-state index contributed by atoms with van der Waals surface area (Å²) in [6.45, 7) is 0. The Morgan fingerprint density at radius 1 is 0.258 bits per heavy atom. The van der Waals surface area contributed by atoms with Gasteiger partial charge >= 0.3 is 0 Å². The van der Waals surface area contributed by atoms with Gasteiger partial charge in [-0.15, -0.1) is 0 Å². The van der Waals surface area contributed by atoms with Crippen LogP contribution in [0.2, 0.25) is 0 Å². The first-order valence-electron chi connectivity index (χ1n) is 22.6. The molecular formula is C61H37N5. The minimum atomic E-state index is 0.895. The number of aromatic nitrogens is 5. The van der Waals surface area contributed by atoms with Crippen LogP contribution in [0.25, 0.3) is 133 Å². The smallest absolute Gasteiger partial charge is 0.220 e. The summed E-state index contributed by atoms with van der Waals surface area (Å²) in [6.07, 6.45) is 0. The molecule has 14 aromatic rings. The van der Waals surface area contributed by atoms with Gasteiger partial charge in [0.25, 0.3) is 0 Å². The molecule has 0 bridgehead atoms. The Morgan fingerprint density at radius 2 is 0.727 bits per heavy atom. The molecule has 306 valence electrons. The van der Waals surface area contributed by atoms with Gasteiger partial charge in [-0.2, -0.15) is 0 Å². The Morgan fingerprint density at radius 3 is 1.39 bits per heavy atom. The lowest BCUT2D eigenvalue weighted by atomic mass is 9.81. The summed E-state index contributed by atoms with van der Waals surface area (Å²) in [5, 5.41) is 4.80. The molecule has 0 saturated heterocycles. The highest BCUT2D eigenvalue weighted by Crippen LogP contribution is 2.49. The third-order valence-corrected chi connectivity index (χ3v) is 14.1. The molecule has 5 heteroatoms. The summed E-state index contributed by atoms with van der Waals surface area (Å²) in [5.74, 6) is 0.895. The van der Waals surface area contributed by atoms with Crippen molar-refractivity contribution in [2.75, 3.05) is 0 Å². The van der Waals surface area contributed by atoms with Crippen LogP contribution in [-0.2, 0) is 0 Å². The van der Waals surface area contributed by atoms with Crippen LogP contribution in [0.4, 0.5) is 0 Å². The average Bonchev–Trinajstić information content (AvgIpc) is 4.12. The summed E-state index contributed by atoms with van der Waals surface area (Å²) >= 11 is 0. The summed E-state index contributed by atoms with van der Waals surface area (Å²) < 4.78 is 9.51. The fraction of sp³-hybridized carbons (Fsp3) is 0. The highest BCUT2D eigenvalue weighted by Gasteiger charge is 2.25. The van der Waals surface area contributed by atoms with Crippen molar-refractivity contribution in [3.05, 3.63) is 224 Å². The normalized spacial score (nSPS) is 12.2. The van der Waals surface area contributed by atoms with Crippen molar-refractivity contribution in [3.8, 4) is 61.6 Å². The monoisotopic (exact) mass is 839 g/mol. The molecule has 4 heterocycles. The Labute approximate surface area is 378 Å².